The average molecular weight is 142 g/mol. The lowest BCUT2D eigenvalue weighted by atomic mass is 10.3. The zero-order valence-corrected chi connectivity index (χ0v) is 5.44. The smallest absolute Gasteiger partial charge is 0.0678 e. The van der Waals surface area contributed by atoms with E-state index in [1.807, 2.05) is 0 Å². The molecule has 0 aliphatic rings. The van der Waals surface area contributed by atoms with Gasteiger partial charge in [-0.25, -0.2) is 0 Å². The van der Waals surface area contributed by atoms with Gasteiger partial charge in [-0.05, 0) is 18.2 Å². The molecule has 0 aromatic heterocycles. The Bertz CT molecular complexity index is 200. The molecule has 0 bridgehead atoms. The van der Waals surface area contributed by atoms with E-state index in [0.717, 1.165) is 0 Å². The SMILES string of the molecule is NNc1c[c]ccc1Cl. The summed E-state index contributed by atoms with van der Waals surface area (Å²) in [5.41, 5.74) is 3.13. The highest BCUT2D eigenvalue weighted by molar-refractivity contribution is 6.33. The molecule has 1 aromatic carbocycles. The van der Waals surface area contributed by atoms with Crippen LogP contribution < -0.4 is 11.3 Å². The number of hydrogen-bond donors (Lipinski definition) is 2. The van der Waals surface area contributed by atoms with Gasteiger partial charge in [-0.1, -0.05) is 17.7 Å². The molecular formula is C6H6ClN2. The van der Waals surface area contributed by atoms with Crippen LogP contribution in [0.3, 0.4) is 0 Å². The number of anilines is 1. The van der Waals surface area contributed by atoms with E-state index in [2.05, 4.69) is 11.5 Å². The molecule has 1 rings (SSSR count). The predicted molar refractivity (Wildman–Crippen MR) is 38.1 cm³/mol. The second kappa shape index (κ2) is 2.71. The normalized spacial score (nSPS) is 9.11. The first-order valence-electron chi connectivity index (χ1n) is 2.47. The van der Waals surface area contributed by atoms with E-state index in [0.29, 0.717) is 10.7 Å². The molecule has 0 aliphatic carbocycles. The second-order valence-corrected chi connectivity index (χ2v) is 1.96. The largest absolute Gasteiger partial charge is 0.323 e. The minimum Gasteiger partial charge on any atom is -0.323 e. The molecule has 0 aliphatic heterocycles. The van der Waals surface area contributed by atoms with Gasteiger partial charge in [0.25, 0.3) is 0 Å². The maximum absolute atomic E-state index is 5.66. The van der Waals surface area contributed by atoms with Crippen LogP contribution >= 0.6 is 11.6 Å². The molecule has 0 atom stereocenters. The molecule has 2 nitrogen and oxygen atoms in total. The van der Waals surface area contributed by atoms with E-state index in [-0.39, 0.29) is 0 Å². The number of hydrazine groups is 1. The maximum Gasteiger partial charge on any atom is 0.0678 e. The van der Waals surface area contributed by atoms with Gasteiger partial charge in [-0.3, -0.25) is 5.84 Å². The summed E-state index contributed by atoms with van der Waals surface area (Å²) < 4.78 is 0. The number of nitrogens with two attached hydrogens (primary N) is 1. The molecule has 3 heteroatoms. The van der Waals surface area contributed by atoms with Crippen molar-refractivity contribution in [3.63, 3.8) is 0 Å². The van der Waals surface area contributed by atoms with Crippen LogP contribution in [0.25, 0.3) is 0 Å². The minimum atomic E-state index is 0.608. The molecule has 0 amide bonds. The van der Waals surface area contributed by atoms with Crippen molar-refractivity contribution in [1.29, 1.82) is 0 Å². The van der Waals surface area contributed by atoms with Crippen molar-refractivity contribution in [2.24, 2.45) is 5.84 Å². The number of hydrogen-bond acceptors (Lipinski definition) is 2. The Hall–Kier alpha value is -0.730. The third-order valence-corrected chi connectivity index (χ3v) is 1.30. The summed E-state index contributed by atoms with van der Waals surface area (Å²) in [7, 11) is 0. The molecule has 9 heavy (non-hydrogen) atoms. The van der Waals surface area contributed by atoms with E-state index < -0.39 is 0 Å². The Kier molecular flexibility index (Phi) is 1.92. The van der Waals surface area contributed by atoms with Crippen LogP contribution in [0, 0.1) is 6.07 Å². The summed E-state index contributed by atoms with van der Waals surface area (Å²) in [6, 6.07) is 7.95. The third-order valence-electron chi connectivity index (χ3n) is 0.966. The summed E-state index contributed by atoms with van der Waals surface area (Å²) in [6.45, 7) is 0. The second-order valence-electron chi connectivity index (χ2n) is 1.55. The Morgan fingerprint density at radius 2 is 2.44 bits per heavy atom. The van der Waals surface area contributed by atoms with Crippen LogP contribution in [0.4, 0.5) is 5.69 Å². The van der Waals surface area contributed by atoms with E-state index in [9.17, 15) is 0 Å². The number of halogens is 1. The first kappa shape index (κ1) is 6.39. The van der Waals surface area contributed by atoms with Crippen molar-refractivity contribution in [3.05, 3.63) is 29.3 Å². The van der Waals surface area contributed by atoms with E-state index >= 15 is 0 Å². The number of benzene rings is 1. The molecule has 1 radical (unpaired) electrons. The van der Waals surface area contributed by atoms with Gasteiger partial charge in [-0.15, -0.1) is 0 Å². The first-order chi connectivity index (χ1) is 4.34. The van der Waals surface area contributed by atoms with Gasteiger partial charge in [0.15, 0.2) is 0 Å². The van der Waals surface area contributed by atoms with Gasteiger partial charge in [0.2, 0.25) is 0 Å². The standard InChI is InChI=1S/C6H6ClN2/c7-5-3-1-2-4-6(5)9-8/h1,3-4,9H,8H2. The Morgan fingerprint density at radius 1 is 1.67 bits per heavy atom. The van der Waals surface area contributed by atoms with E-state index in [4.69, 9.17) is 17.4 Å². The molecule has 47 valence electrons. The highest BCUT2D eigenvalue weighted by Crippen LogP contribution is 2.17. The van der Waals surface area contributed by atoms with Crippen molar-refractivity contribution >= 4 is 17.3 Å². The fourth-order valence-electron chi connectivity index (χ4n) is 0.522. The zero-order chi connectivity index (χ0) is 6.69. The van der Waals surface area contributed by atoms with Gasteiger partial charge in [0.05, 0.1) is 10.7 Å². The fraction of sp³-hybridized carbons (Fsp3) is 0. The molecule has 3 N–H and O–H groups in total. The fourth-order valence-corrected chi connectivity index (χ4v) is 0.694. The van der Waals surface area contributed by atoms with E-state index in [1.165, 1.54) is 0 Å². The van der Waals surface area contributed by atoms with Crippen molar-refractivity contribution < 1.29 is 0 Å². The number of nitrogens with one attached hydrogen (secondary N) is 1. The first-order valence-corrected chi connectivity index (χ1v) is 2.84. The lowest BCUT2D eigenvalue weighted by Gasteiger charge is -1.98. The van der Waals surface area contributed by atoms with Crippen LogP contribution in [0.2, 0.25) is 5.02 Å². The lowest BCUT2D eigenvalue weighted by Crippen LogP contribution is -2.06. The third kappa shape index (κ3) is 1.34. The van der Waals surface area contributed by atoms with Crippen LogP contribution in [0.1, 0.15) is 0 Å². The molecular weight excluding hydrogens is 136 g/mol. The van der Waals surface area contributed by atoms with Crippen molar-refractivity contribution in [2.45, 2.75) is 0 Å². The zero-order valence-electron chi connectivity index (χ0n) is 4.69. The Morgan fingerprint density at radius 3 is 2.89 bits per heavy atom. The molecule has 0 saturated heterocycles. The summed E-state index contributed by atoms with van der Waals surface area (Å²) in [5, 5.41) is 0.608. The molecule has 0 heterocycles. The molecule has 0 unspecified atom stereocenters. The lowest BCUT2D eigenvalue weighted by molar-refractivity contribution is 1.35. The van der Waals surface area contributed by atoms with Gasteiger partial charge >= 0.3 is 0 Å². The topological polar surface area (TPSA) is 38.0 Å². The van der Waals surface area contributed by atoms with Crippen LogP contribution in [0.5, 0.6) is 0 Å². The van der Waals surface area contributed by atoms with Gasteiger partial charge in [0.1, 0.15) is 0 Å². The summed E-state index contributed by atoms with van der Waals surface area (Å²) in [4.78, 5) is 0. The van der Waals surface area contributed by atoms with Crippen LogP contribution in [-0.4, -0.2) is 0 Å². The minimum absolute atomic E-state index is 0.608. The Balaban J connectivity index is 3.01. The number of nitrogen functional groups attached to an aromatic ring is 1. The van der Waals surface area contributed by atoms with Crippen molar-refractivity contribution in [3.8, 4) is 0 Å². The van der Waals surface area contributed by atoms with Crippen molar-refractivity contribution in [2.75, 3.05) is 5.43 Å². The van der Waals surface area contributed by atoms with Crippen molar-refractivity contribution in [1.82, 2.24) is 0 Å². The van der Waals surface area contributed by atoms with Gasteiger partial charge < -0.3 is 5.43 Å². The summed E-state index contributed by atoms with van der Waals surface area (Å²) in [5.74, 6) is 5.10. The molecule has 0 saturated carbocycles. The van der Waals surface area contributed by atoms with E-state index in [1.54, 1.807) is 18.2 Å². The highest BCUT2D eigenvalue weighted by atomic mass is 35.5. The highest BCUT2D eigenvalue weighted by Gasteiger charge is 1.91. The van der Waals surface area contributed by atoms with Crippen LogP contribution in [-0.2, 0) is 0 Å². The van der Waals surface area contributed by atoms with Crippen LogP contribution in [0.15, 0.2) is 18.2 Å². The molecule has 0 fully saturated rings. The summed E-state index contributed by atoms with van der Waals surface area (Å²) in [6.07, 6.45) is 0. The monoisotopic (exact) mass is 141 g/mol. The maximum atomic E-state index is 5.66. The van der Waals surface area contributed by atoms with Gasteiger partial charge in [0, 0.05) is 0 Å². The quantitative estimate of drug-likeness (QED) is 0.459. The average Bonchev–Trinajstić information content (AvgIpc) is 1.89. The molecule has 0 spiro atoms. The number of rotatable bonds is 1. The molecule has 1 aromatic rings. The van der Waals surface area contributed by atoms with Gasteiger partial charge in [-0.2, -0.15) is 0 Å². The summed E-state index contributed by atoms with van der Waals surface area (Å²) >= 11 is 5.66. The predicted octanol–water partition coefficient (Wildman–Crippen LogP) is 1.43. The Labute approximate surface area is 58.6 Å².